The van der Waals surface area contributed by atoms with Crippen molar-refractivity contribution in [2.24, 2.45) is 0 Å². The molecule has 16 heavy (non-hydrogen) atoms. The van der Waals surface area contributed by atoms with Crippen LogP contribution in [0.1, 0.15) is 58.8 Å². The fourth-order valence-electron chi connectivity index (χ4n) is 1.25. The third kappa shape index (κ3) is 29.2. The van der Waals surface area contributed by atoms with E-state index < -0.39 is 5.97 Å². The molecule has 0 aromatic rings. The highest BCUT2D eigenvalue weighted by atomic mass is 16.4. The van der Waals surface area contributed by atoms with Gasteiger partial charge in [0.25, 0.3) is 5.97 Å². The van der Waals surface area contributed by atoms with Gasteiger partial charge in [-0.15, -0.1) is 0 Å². The smallest absolute Gasteiger partial charge is 0.300 e. The van der Waals surface area contributed by atoms with Gasteiger partial charge >= 0.3 is 0 Å². The minimum atomic E-state index is -0.833. The Labute approximate surface area is 99.2 Å². The summed E-state index contributed by atoms with van der Waals surface area (Å²) in [4.78, 5) is 9.00. The molecule has 0 fully saturated rings. The molecule has 0 rings (SSSR count). The summed E-state index contributed by atoms with van der Waals surface area (Å²) in [5.41, 5.74) is 0. The van der Waals surface area contributed by atoms with E-state index in [4.69, 9.17) is 15.0 Å². The van der Waals surface area contributed by atoms with Crippen molar-refractivity contribution in [3.05, 3.63) is 12.2 Å². The van der Waals surface area contributed by atoms with Gasteiger partial charge in [0, 0.05) is 13.5 Å². The van der Waals surface area contributed by atoms with Crippen LogP contribution in [-0.4, -0.2) is 22.8 Å². The maximum atomic E-state index is 9.00. The molecular formula is C13H26O3. The molecule has 0 amide bonds. The van der Waals surface area contributed by atoms with Crippen molar-refractivity contribution in [1.82, 2.24) is 0 Å². The number of carboxylic acids is 1. The van der Waals surface area contributed by atoms with Crippen molar-refractivity contribution in [1.29, 1.82) is 0 Å². The Morgan fingerprint density at radius 2 is 1.50 bits per heavy atom. The van der Waals surface area contributed by atoms with E-state index in [0.29, 0.717) is 6.61 Å². The van der Waals surface area contributed by atoms with Crippen LogP contribution in [0.3, 0.4) is 0 Å². The van der Waals surface area contributed by atoms with Crippen LogP contribution in [0.25, 0.3) is 0 Å². The third-order valence-electron chi connectivity index (χ3n) is 2.01. The number of rotatable bonds is 8. The van der Waals surface area contributed by atoms with Gasteiger partial charge in [-0.2, -0.15) is 0 Å². The molecule has 3 heteroatoms. The fraction of sp³-hybridized carbons (Fsp3) is 0.769. The lowest BCUT2D eigenvalue weighted by Crippen LogP contribution is -1.83. The predicted octanol–water partition coefficient (Wildman–Crippen LogP) is 3.38. The summed E-state index contributed by atoms with van der Waals surface area (Å²) in [5, 5.41) is 15.9. The first-order valence-corrected chi connectivity index (χ1v) is 6.06. The number of hydrogen-bond acceptors (Lipinski definition) is 2. The molecule has 0 saturated carbocycles. The van der Waals surface area contributed by atoms with E-state index in [1.54, 1.807) is 0 Å². The van der Waals surface area contributed by atoms with E-state index in [2.05, 4.69) is 19.1 Å². The SMILES string of the molecule is CC(=O)O.CC=CCCCCCCCCO. The maximum absolute atomic E-state index is 9.00. The molecule has 0 unspecified atom stereocenters. The molecule has 0 aliphatic carbocycles. The average Bonchev–Trinajstić information content (AvgIpc) is 2.21. The summed E-state index contributed by atoms with van der Waals surface area (Å²) in [6.07, 6.45) is 13.0. The molecule has 2 N–H and O–H groups in total. The second kappa shape index (κ2) is 16.6. The summed E-state index contributed by atoms with van der Waals surface area (Å²) in [6.45, 7) is 3.51. The molecule has 0 aromatic heterocycles. The van der Waals surface area contributed by atoms with E-state index in [-0.39, 0.29) is 0 Å². The molecule has 0 radical (unpaired) electrons. The molecule has 0 saturated heterocycles. The molecule has 0 atom stereocenters. The molecule has 0 aromatic carbocycles. The van der Waals surface area contributed by atoms with E-state index in [1.165, 1.54) is 38.5 Å². The molecular weight excluding hydrogens is 204 g/mol. The molecule has 0 spiro atoms. The van der Waals surface area contributed by atoms with Gasteiger partial charge in [0.1, 0.15) is 0 Å². The topological polar surface area (TPSA) is 57.5 Å². The quantitative estimate of drug-likeness (QED) is 0.496. The zero-order chi connectivity index (χ0) is 12.6. The van der Waals surface area contributed by atoms with Gasteiger partial charge in [0.2, 0.25) is 0 Å². The van der Waals surface area contributed by atoms with E-state index >= 15 is 0 Å². The highest BCUT2D eigenvalue weighted by Crippen LogP contribution is 2.06. The molecule has 0 aliphatic rings. The summed E-state index contributed by atoms with van der Waals surface area (Å²) in [6, 6.07) is 0. The molecule has 0 bridgehead atoms. The monoisotopic (exact) mass is 230 g/mol. The Hall–Kier alpha value is -0.830. The van der Waals surface area contributed by atoms with Crippen LogP contribution in [0.5, 0.6) is 0 Å². The third-order valence-corrected chi connectivity index (χ3v) is 2.01. The van der Waals surface area contributed by atoms with Crippen molar-refractivity contribution >= 4 is 5.97 Å². The number of aliphatic hydroxyl groups excluding tert-OH is 1. The van der Waals surface area contributed by atoms with Crippen molar-refractivity contribution in [3.63, 3.8) is 0 Å². The van der Waals surface area contributed by atoms with Crippen LogP contribution >= 0.6 is 0 Å². The zero-order valence-electron chi connectivity index (χ0n) is 10.6. The lowest BCUT2D eigenvalue weighted by atomic mass is 10.1. The van der Waals surface area contributed by atoms with E-state index in [1.807, 2.05) is 0 Å². The van der Waals surface area contributed by atoms with Crippen LogP contribution in [0.2, 0.25) is 0 Å². The van der Waals surface area contributed by atoms with Crippen molar-refractivity contribution in [3.8, 4) is 0 Å². The maximum Gasteiger partial charge on any atom is 0.300 e. The van der Waals surface area contributed by atoms with Crippen molar-refractivity contribution in [2.75, 3.05) is 6.61 Å². The first kappa shape index (κ1) is 17.6. The number of carbonyl (C=O) groups is 1. The number of allylic oxidation sites excluding steroid dienone is 2. The Bertz CT molecular complexity index is 161. The number of unbranched alkanes of at least 4 members (excludes halogenated alkanes) is 6. The van der Waals surface area contributed by atoms with Gasteiger partial charge in [-0.05, 0) is 26.2 Å². The number of aliphatic hydroxyl groups is 1. The van der Waals surface area contributed by atoms with Gasteiger partial charge < -0.3 is 10.2 Å². The second-order valence-electron chi connectivity index (χ2n) is 3.72. The summed E-state index contributed by atoms with van der Waals surface area (Å²) < 4.78 is 0. The Morgan fingerprint density at radius 1 is 1.06 bits per heavy atom. The molecule has 3 nitrogen and oxygen atoms in total. The largest absolute Gasteiger partial charge is 0.481 e. The number of hydrogen-bond donors (Lipinski definition) is 2. The molecule has 0 heterocycles. The van der Waals surface area contributed by atoms with E-state index in [0.717, 1.165) is 13.3 Å². The van der Waals surface area contributed by atoms with Crippen molar-refractivity contribution in [2.45, 2.75) is 58.8 Å². The van der Waals surface area contributed by atoms with E-state index in [9.17, 15) is 0 Å². The lowest BCUT2D eigenvalue weighted by Gasteiger charge is -1.98. The van der Waals surface area contributed by atoms with Crippen LogP contribution in [0.4, 0.5) is 0 Å². The fourth-order valence-corrected chi connectivity index (χ4v) is 1.25. The van der Waals surface area contributed by atoms with Crippen LogP contribution in [0.15, 0.2) is 12.2 Å². The van der Waals surface area contributed by atoms with Crippen LogP contribution in [-0.2, 0) is 4.79 Å². The van der Waals surface area contributed by atoms with Gasteiger partial charge in [0.15, 0.2) is 0 Å². The van der Waals surface area contributed by atoms with Gasteiger partial charge in [-0.3, -0.25) is 4.79 Å². The Morgan fingerprint density at radius 3 is 1.94 bits per heavy atom. The first-order valence-electron chi connectivity index (χ1n) is 6.06. The second-order valence-corrected chi connectivity index (χ2v) is 3.72. The van der Waals surface area contributed by atoms with Crippen LogP contribution < -0.4 is 0 Å². The zero-order valence-corrected chi connectivity index (χ0v) is 10.6. The van der Waals surface area contributed by atoms with Crippen molar-refractivity contribution < 1.29 is 15.0 Å². The number of carboxylic acid groups (broad SMARTS) is 1. The van der Waals surface area contributed by atoms with Gasteiger partial charge in [-0.25, -0.2) is 0 Å². The highest BCUT2D eigenvalue weighted by molar-refractivity contribution is 5.62. The molecule has 96 valence electrons. The minimum absolute atomic E-state index is 0.360. The highest BCUT2D eigenvalue weighted by Gasteiger charge is 1.88. The summed E-state index contributed by atoms with van der Waals surface area (Å²) >= 11 is 0. The van der Waals surface area contributed by atoms with Gasteiger partial charge in [0.05, 0.1) is 0 Å². The first-order chi connectivity index (χ1) is 7.65. The Balaban J connectivity index is 0. The molecule has 0 aliphatic heterocycles. The lowest BCUT2D eigenvalue weighted by molar-refractivity contribution is -0.134. The Kier molecular flexibility index (Phi) is 18.2. The van der Waals surface area contributed by atoms with Gasteiger partial charge in [-0.1, -0.05) is 37.8 Å². The summed E-state index contributed by atoms with van der Waals surface area (Å²) in [5.74, 6) is -0.833. The number of aliphatic carboxylic acids is 1. The summed E-state index contributed by atoms with van der Waals surface area (Å²) in [7, 11) is 0. The minimum Gasteiger partial charge on any atom is -0.481 e. The standard InChI is InChI=1S/C11H22O.C2H4O2/c1-2-3-4-5-6-7-8-9-10-11-12;1-2(3)4/h2-3,12H,4-11H2,1H3;1H3,(H,3,4). The average molecular weight is 230 g/mol. The predicted molar refractivity (Wildman–Crippen MR) is 67.5 cm³/mol. The normalized spacial score (nSPS) is 9.94. The van der Waals surface area contributed by atoms with Crippen LogP contribution in [0, 0.1) is 0 Å².